The highest BCUT2D eigenvalue weighted by molar-refractivity contribution is 7.87. The molecule has 0 aromatic rings. The lowest BCUT2D eigenvalue weighted by atomic mass is 9.88. The van der Waals surface area contributed by atoms with E-state index in [1.165, 1.54) is 13.8 Å². The fourth-order valence-corrected chi connectivity index (χ4v) is 3.13. The van der Waals surface area contributed by atoms with Crippen molar-refractivity contribution in [2.75, 3.05) is 24.7 Å². The Morgan fingerprint density at radius 1 is 1.18 bits per heavy atom. The summed E-state index contributed by atoms with van der Waals surface area (Å²) in [6.45, 7) is 3.99. The van der Waals surface area contributed by atoms with Crippen molar-refractivity contribution in [3.8, 4) is 0 Å². The molecule has 132 valence electrons. The summed E-state index contributed by atoms with van der Waals surface area (Å²) in [7, 11) is -8.29. The monoisotopic (exact) mass is 362 g/mol. The minimum Gasteiger partial charge on any atom is -0.464 e. The lowest BCUT2D eigenvalue weighted by Crippen LogP contribution is -2.41. The van der Waals surface area contributed by atoms with Gasteiger partial charge >= 0.3 is 5.97 Å². The standard InChI is InChI=1S/C11H22O9S2/c1-4-19-10(13)9(12)11(2,3)8-20-22(17,18)7-5-6-21(14,15)16/h9,12H,4-8H2,1-3H3,(H,14,15,16). The van der Waals surface area contributed by atoms with Gasteiger partial charge in [-0.15, -0.1) is 0 Å². The molecule has 11 heteroatoms. The number of aliphatic hydroxyl groups is 1. The molecule has 1 unspecified atom stereocenters. The number of esters is 1. The van der Waals surface area contributed by atoms with E-state index in [4.69, 9.17) is 4.55 Å². The van der Waals surface area contributed by atoms with Crippen molar-refractivity contribution >= 4 is 26.2 Å². The quantitative estimate of drug-likeness (QED) is 0.300. The van der Waals surface area contributed by atoms with E-state index < -0.39 is 55.8 Å². The number of hydrogen-bond donors (Lipinski definition) is 2. The third-order valence-electron chi connectivity index (χ3n) is 2.66. The summed E-state index contributed by atoms with van der Waals surface area (Å²) in [6, 6.07) is 0. The summed E-state index contributed by atoms with van der Waals surface area (Å²) >= 11 is 0. The van der Waals surface area contributed by atoms with Crippen LogP contribution in [0.25, 0.3) is 0 Å². The third-order valence-corrected chi connectivity index (χ3v) is 4.73. The van der Waals surface area contributed by atoms with Crippen LogP contribution in [0.2, 0.25) is 0 Å². The molecule has 0 saturated heterocycles. The second kappa shape index (κ2) is 8.20. The van der Waals surface area contributed by atoms with E-state index in [0.29, 0.717) is 0 Å². The molecule has 0 fully saturated rings. The summed E-state index contributed by atoms with van der Waals surface area (Å²) in [4.78, 5) is 11.4. The molecule has 0 spiro atoms. The highest BCUT2D eigenvalue weighted by Gasteiger charge is 2.36. The Kier molecular flexibility index (Phi) is 7.92. The molecule has 2 N–H and O–H groups in total. The average molecular weight is 362 g/mol. The highest BCUT2D eigenvalue weighted by atomic mass is 32.2. The molecule has 1 atom stereocenters. The molecule has 0 saturated carbocycles. The van der Waals surface area contributed by atoms with Gasteiger partial charge in [-0.2, -0.15) is 16.8 Å². The van der Waals surface area contributed by atoms with E-state index in [1.54, 1.807) is 6.92 Å². The maximum Gasteiger partial charge on any atom is 0.335 e. The van der Waals surface area contributed by atoms with Crippen LogP contribution in [0.1, 0.15) is 27.2 Å². The van der Waals surface area contributed by atoms with Crippen LogP contribution in [0.4, 0.5) is 0 Å². The van der Waals surface area contributed by atoms with Gasteiger partial charge in [-0.3, -0.25) is 8.74 Å². The molecule has 9 nitrogen and oxygen atoms in total. The fourth-order valence-electron chi connectivity index (χ4n) is 1.34. The first-order valence-corrected chi connectivity index (χ1v) is 9.66. The lowest BCUT2D eigenvalue weighted by molar-refractivity contribution is -0.160. The van der Waals surface area contributed by atoms with E-state index in [-0.39, 0.29) is 13.0 Å². The second-order valence-electron chi connectivity index (χ2n) is 5.31. The summed E-state index contributed by atoms with van der Waals surface area (Å²) in [5.41, 5.74) is -1.22. The SMILES string of the molecule is CCOC(=O)C(O)C(C)(C)COS(=O)(=O)CCCS(=O)(=O)O. The average Bonchev–Trinajstić information content (AvgIpc) is 2.34. The summed E-state index contributed by atoms with van der Waals surface area (Å²) in [5.74, 6) is -2.21. The van der Waals surface area contributed by atoms with Gasteiger partial charge in [-0.05, 0) is 13.3 Å². The summed E-state index contributed by atoms with van der Waals surface area (Å²) in [5, 5.41) is 9.79. The number of aliphatic hydroxyl groups excluding tert-OH is 1. The van der Waals surface area contributed by atoms with Crippen LogP contribution in [0.15, 0.2) is 0 Å². The maximum absolute atomic E-state index is 11.6. The normalized spacial score (nSPS) is 14.6. The van der Waals surface area contributed by atoms with Gasteiger partial charge in [0.2, 0.25) is 0 Å². The van der Waals surface area contributed by atoms with Crippen molar-refractivity contribution < 1.29 is 40.2 Å². The van der Waals surface area contributed by atoms with Gasteiger partial charge in [0.25, 0.3) is 20.2 Å². The molecule has 0 aromatic carbocycles. The number of rotatable bonds is 10. The minimum absolute atomic E-state index is 0.0702. The number of ether oxygens (including phenoxy) is 1. The van der Waals surface area contributed by atoms with Gasteiger partial charge < -0.3 is 9.84 Å². The topological polar surface area (TPSA) is 144 Å². The molecule has 0 aliphatic heterocycles. The Morgan fingerprint density at radius 2 is 1.73 bits per heavy atom. The van der Waals surface area contributed by atoms with E-state index in [2.05, 4.69) is 8.92 Å². The van der Waals surface area contributed by atoms with Crippen LogP contribution in [-0.4, -0.2) is 63.3 Å². The first-order chi connectivity index (χ1) is 9.81. The summed E-state index contributed by atoms with van der Waals surface area (Å²) < 4.78 is 62.0. The number of carbonyl (C=O) groups is 1. The van der Waals surface area contributed by atoms with Crippen LogP contribution in [0.3, 0.4) is 0 Å². The predicted molar refractivity (Wildman–Crippen MR) is 77.2 cm³/mol. The molecule has 0 amide bonds. The molecular formula is C11H22O9S2. The van der Waals surface area contributed by atoms with Crippen LogP contribution < -0.4 is 0 Å². The van der Waals surface area contributed by atoms with Gasteiger partial charge in [0.05, 0.1) is 24.7 Å². The van der Waals surface area contributed by atoms with Crippen LogP contribution >= 0.6 is 0 Å². The first-order valence-electron chi connectivity index (χ1n) is 6.48. The number of carbonyl (C=O) groups excluding carboxylic acids is 1. The molecule has 0 radical (unpaired) electrons. The van der Waals surface area contributed by atoms with Crippen molar-refractivity contribution in [2.45, 2.75) is 33.3 Å². The minimum atomic E-state index is -4.24. The molecule has 0 aliphatic carbocycles. The molecular weight excluding hydrogens is 340 g/mol. The zero-order valence-electron chi connectivity index (χ0n) is 12.7. The van der Waals surface area contributed by atoms with Crippen LogP contribution in [0, 0.1) is 5.41 Å². The van der Waals surface area contributed by atoms with Gasteiger partial charge in [0, 0.05) is 5.41 Å². The lowest BCUT2D eigenvalue weighted by Gasteiger charge is -2.28. The van der Waals surface area contributed by atoms with Crippen molar-refractivity contribution in [2.24, 2.45) is 5.41 Å². The van der Waals surface area contributed by atoms with Crippen molar-refractivity contribution in [3.05, 3.63) is 0 Å². The smallest absolute Gasteiger partial charge is 0.335 e. The van der Waals surface area contributed by atoms with Crippen LogP contribution in [0.5, 0.6) is 0 Å². The summed E-state index contributed by atoms with van der Waals surface area (Å²) in [6.07, 6.45) is -1.90. The largest absolute Gasteiger partial charge is 0.464 e. The Labute approximate surface area is 130 Å². The van der Waals surface area contributed by atoms with Crippen molar-refractivity contribution in [1.82, 2.24) is 0 Å². The molecule has 0 heterocycles. The van der Waals surface area contributed by atoms with Gasteiger partial charge in [0.15, 0.2) is 6.10 Å². The van der Waals surface area contributed by atoms with Crippen molar-refractivity contribution in [1.29, 1.82) is 0 Å². The Bertz CT molecular complexity index is 562. The molecule has 0 bridgehead atoms. The molecule has 0 aliphatic rings. The van der Waals surface area contributed by atoms with Gasteiger partial charge in [-0.25, -0.2) is 4.79 Å². The Hall–Kier alpha value is -0.750. The molecule has 0 aromatic heterocycles. The van der Waals surface area contributed by atoms with Gasteiger partial charge in [-0.1, -0.05) is 13.8 Å². The van der Waals surface area contributed by atoms with Gasteiger partial charge in [0.1, 0.15) is 0 Å². The second-order valence-corrected chi connectivity index (χ2v) is 8.64. The van der Waals surface area contributed by atoms with E-state index in [1.807, 2.05) is 0 Å². The zero-order chi connectivity index (χ0) is 17.6. The fraction of sp³-hybridized carbons (Fsp3) is 0.909. The Balaban J connectivity index is 4.53. The first kappa shape index (κ1) is 21.2. The third kappa shape index (κ3) is 8.63. The molecule has 22 heavy (non-hydrogen) atoms. The molecule has 0 rings (SSSR count). The highest BCUT2D eigenvalue weighted by Crippen LogP contribution is 2.23. The number of hydrogen-bond acceptors (Lipinski definition) is 8. The van der Waals surface area contributed by atoms with E-state index in [0.717, 1.165) is 0 Å². The maximum atomic E-state index is 11.6. The van der Waals surface area contributed by atoms with E-state index >= 15 is 0 Å². The van der Waals surface area contributed by atoms with E-state index in [9.17, 15) is 26.7 Å². The Morgan fingerprint density at radius 3 is 2.18 bits per heavy atom. The predicted octanol–water partition coefficient (Wildman–Crippen LogP) is -0.439. The zero-order valence-corrected chi connectivity index (χ0v) is 14.3. The van der Waals surface area contributed by atoms with Crippen molar-refractivity contribution in [3.63, 3.8) is 0 Å². The van der Waals surface area contributed by atoms with Crippen LogP contribution in [-0.2, 0) is 34.0 Å².